The average molecular weight is 271 g/mol. The number of hydrogen-bond acceptors (Lipinski definition) is 3. The SMILES string of the molecule is C=Cc1ccccc1C(=O)c1ccccc1S(=O)[O-]. The minimum atomic E-state index is -2.44. The van der Waals surface area contributed by atoms with Crippen LogP contribution in [0.2, 0.25) is 0 Å². The van der Waals surface area contributed by atoms with Crippen LogP contribution in [0.25, 0.3) is 6.08 Å². The van der Waals surface area contributed by atoms with Crippen molar-refractivity contribution < 1.29 is 13.6 Å². The van der Waals surface area contributed by atoms with Crippen molar-refractivity contribution in [2.45, 2.75) is 4.90 Å². The third-order valence-electron chi connectivity index (χ3n) is 2.74. The number of ketones is 1. The van der Waals surface area contributed by atoms with Crippen LogP contribution in [0.5, 0.6) is 0 Å². The molecule has 2 rings (SSSR count). The van der Waals surface area contributed by atoms with Crippen molar-refractivity contribution in [1.82, 2.24) is 0 Å². The Labute approximate surface area is 113 Å². The zero-order valence-corrected chi connectivity index (χ0v) is 10.9. The lowest BCUT2D eigenvalue weighted by Crippen LogP contribution is -2.07. The molecule has 0 spiro atoms. The third kappa shape index (κ3) is 2.70. The molecule has 96 valence electrons. The van der Waals surface area contributed by atoms with Gasteiger partial charge in [-0.05, 0) is 28.8 Å². The van der Waals surface area contributed by atoms with Crippen LogP contribution < -0.4 is 0 Å². The second kappa shape index (κ2) is 5.73. The maximum atomic E-state index is 12.4. The van der Waals surface area contributed by atoms with Crippen LogP contribution in [0.3, 0.4) is 0 Å². The smallest absolute Gasteiger partial charge is 0.194 e. The Morgan fingerprint density at radius 2 is 1.63 bits per heavy atom. The van der Waals surface area contributed by atoms with Crippen molar-refractivity contribution in [3.63, 3.8) is 0 Å². The van der Waals surface area contributed by atoms with Crippen LogP contribution in [-0.4, -0.2) is 14.5 Å². The Hall–Kier alpha value is -2.04. The molecule has 3 nitrogen and oxygen atoms in total. The zero-order valence-electron chi connectivity index (χ0n) is 10.0. The summed E-state index contributed by atoms with van der Waals surface area (Å²) in [6, 6.07) is 13.1. The Balaban J connectivity index is 2.57. The quantitative estimate of drug-likeness (QED) is 0.634. The van der Waals surface area contributed by atoms with Crippen LogP contribution in [0, 0.1) is 0 Å². The number of carbonyl (C=O) groups excluding carboxylic acids is 1. The van der Waals surface area contributed by atoms with E-state index in [0.717, 1.165) is 0 Å². The highest BCUT2D eigenvalue weighted by Gasteiger charge is 2.15. The molecular weight excluding hydrogens is 260 g/mol. The van der Waals surface area contributed by atoms with Crippen LogP contribution >= 0.6 is 0 Å². The lowest BCUT2D eigenvalue weighted by Gasteiger charge is -2.12. The summed E-state index contributed by atoms with van der Waals surface area (Å²) in [5, 5.41) is 0. The molecule has 0 amide bonds. The second-order valence-corrected chi connectivity index (χ2v) is 4.76. The Bertz CT molecular complexity index is 662. The zero-order chi connectivity index (χ0) is 13.8. The van der Waals surface area contributed by atoms with E-state index >= 15 is 0 Å². The van der Waals surface area contributed by atoms with Gasteiger partial charge in [0.2, 0.25) is 0 Å². The Morgan fingerprint density at radius 1 is 1.05 bits per heavy atom. The van der Waals surface area contributed by atoms with Gasteiger partial charge in [0.1, 0.15) is 0 Å². The number of rotatable bonds is 4. The molecule has 4 heteroatoms. The summed E-state index contributed by atoms with van der Waals surface area (Å²) in [5.41, 5.74) is 1.29. The fourth-order valence-electron chi connectivity index (χ4n) is 1.83. The van der Waals surface area contributed by atoms with Gasteiger partial charge in [0, 0.05) is 16.0 Å². The minimum Gasteiger partial charge on any atom is -0.768 e. The second-order valence-electron chi connectivity index (χ2n) is 3.85. The average Bonchev–Trinajstić information content (AvgIpc) is 2.46. The number of hydrogen-bond donors (Lipinski definition) is 0. The van der Waals surface area contributed by atoms with Gasteiger partial charge in [0.15, 0.2) is 5.78 Å². The highest BCUT2D eigenvalue weighted by molar-refractivity contribution is 7.79. The summed E-state index contributed by atoms with van der Waals surface area (Å²) < 4.78 is 22.3. The van der Waals surface area contributed by atoms with E-state index < -0.39 is 11.1 Å². The largest absolute Gasteiger partial charge is 0.768 e. The van der Waals surface area contributed by atoms with Gasteiger partial charge in [-0.25, -0.2) is 0 Å². The summed E-state index contributed by atoms with van der Waals surface area (Å²) in [6.07, 6.45) is 1.57. The first-order valence-corrected chi connectivity index (χ1v) is 6.67. The molecule has 1 atom stereocenters. The summed E-state index contributed by atoms with van der Waals surface area (Å²) >= 11 is -2.44. The van der Waals surface area contributed by atoms with Gasteiger partial charge in [0.25, 0.3) is 0 Å². The predicted molar refractivity (Wildman–Crippen MR) is 73.6 cm³/mol. The predicted octanol–water partition coefficient (Wildman–Crippen LogP) is 2.80. The normalized spacial score (nSPS) is 11.8. The van der Waals surface area contributed by atoms with E-state index in [1.807, 2.05) is 0 Å². The molecule has 0 aliphatic heterocycles. The van der Waals surface area contributed by atoms with Gasteiger partial charge in [-0.3, -0.25) is 9.00 Å². The monoisotopic (exact) mass is 271 g/mol. The van der Waals surface area contributed by atoms with Crippen LogP contribution in [0.15, 0.2) is 60.0 Å². The molecule has 19 heavy (non-hydrogen) atoms. The lowest BCUT2D eigenvalue weighted by atomic mass is 9.98. The lowest BCUT2D eigenvalue weighted by molar-refractivity contribution is 0.103. The summed E-state index contributed by atoms with van der Waals surface area (Å²) in [5.74, 6) is -0.324. The molecule has 0 fully saturated rings. The Morgan fingerprint density at radius 3 is 2.26 bits per heavy atom. The van der Waals surface area contributed by atoms with Gasteiger partial charge in [0.05, 0.1) is 0 Å². The minimum absolute atomic E-state index is 0.00589. The van der Waals surface area contributed by atoms with Crippen molar-refractivity contribution in [3.8, 4) is 0 Å². The van der Waals surface area contributed by atoms with Gasteiger partial charge >= 0.3 is 0 Å². The molecule has 0 aliphatic rings. The van der Waals surface area contributed by atoms with E-state index in [2.05, 4.69) is 6.58 Å². The maximum absolute atomic E-state index is 12.4. The van der Waals surface area contributed by atoms with E-state index in [1.54, 1.807) is 42.5 Å². The molecule has 0 bridgehead atoms. The summed E-state index contributed by atoms with van der Waals surface area (Å²) in [7, 11) is 0. The van der Waals surface area contributed by atoms with Crippen molar-refractivity contribution >= 4 is 22.9 Å². The molecule has 0 heterocycles. The van der Waals surface area contributed by atoms with Crippen molar-refractivity contribution in [2.24, 2.45) is 0 Å². The highest BCUT2D eigenvalue weighted by Crippen LogP contribution is 2.20. The highest BCUT2D eigenvalue weighted by atomic mass is 32.2. The van der Waals surface area contributed by atoms with Crippen LogP contribution in [0.4, 0.5) is 0 Å². The standard InChI is InChI=1S/C15H12O3S/c1-2-11-7-3-4-8-12(11)15(16)13-9-5-6-10-14(13)19(17)18/h2-10H,1H2,(H,17,18)/p-1. The van der Waals surface area contributed by atoms with Gasteiger partial charge in [-0.15, -0.1) is 0 Å². The van der Waals surface area contributed by atoms with E-state index in [4.69, 9.17) is 0 Å². The van der Waals surface area contributed by atoms with Gasteiger partial charge in [-0.1, -0.05) is 49.1 Å². The van der Waals surface area contributed by atoms with Crippen molar-refractivity contribution in [2.75, 3.05) is 0 Å². The van der Waals surface area contributed by atoms with Gasteiger partial charge in [-0.2, -0.15) is 0 Å². The maximum Gasteiger partial charge on any atom is 0.194 e. The van der Waals surface area contributed by atoms with E-state index in [0.29, 0.717) is 11.1 Å². The molecule has 0 radical (unpaired) electrons. The molecule has 1 unspecified atom stereocenters. The van der Waals surface area contributed by atoms with Crippen LogP contribution in [0.1, 0.15) is 21.5 Å². The van der Waals surface area contributed by atoms with E-state index in [9.17, 15) is 13.6 Å². The molecule has 0 saturated carbocycles. The number of carbonyl (C=O) groups is 1. The Kier molecular flexibility index (Phi) is 4.04. The first-order chi connectivity index (χ1) is 9.15. The topological polar surface area (TPSA) is 57.2 Å². The van der Waals surface area contributed by atoms with Crippen LogP contribution in [-0.2, 0) is 11.1 Å². The molecule has 0 saturated heterocycles. The summed E-state index contributed by atoms with van der Waals surface area (Å²) in [4.78, 5) is 12.4. The molecule has 2 aromatic rings. The van der Waals surface area contributed by atoms with Crippen molar-refractivity contribution in [3.05, 3.63) is 71.8 Å². The molecule has 0 N–H and O–H groups in total. The molecule has 0 aromatic heterocycles. The molecule has 2 aromatic carbocycles. The van der Waals surface area contributed by atoms with E-state index in [1.165, 1.54) is 12.1 Å². The number of benzene rings is 2. The first-order valence-electron chi connectivity index (χ1n) is 5.59. The van der Waals surface area contributed by atoms with Gasteiger partial charge < -0.3 is 4.55 Å². The first kappa shape index (κ1) is 13.4. The summed E-state index contributed by atoms with van der Waals surface area (Å²) in [6.45, 7) is 3.65. The molecule has 0 aliphatic carbocycles. The fraction of sp³-hybridized carbons (Fsp3) is 0. The van der Waals surface area contributed by atoms with E-state index in [-0.39, 0.29) is 16.2 Å². The molecular formula is C15H11O3S-. The fourth-order valence-corrected chi connectivity index (χ4v) is 2.36. The van der Waals surface area contributed by atoms with Crippen molar-refractivity contribution in [1.29, 1.82) is 0 Å². The third-order valence-corrected chi connectivity index (χ3v) is 3.45.